The van der Waals surface area contributed by atoms with Gasteiger partial charge in [-0.15, -0.1) is 0 Å². The van der Waals surface area contributed by atoms with Crippen molar-refractivity contribution in [2.75, 3.05) is 112 Å². The molecular formula is C39H72O23. The van der Waals surface area contributed by atoms with Gasteiger partial charge in [0.15, 0.2) is 0 Å². The maximum atomic E-state index is 11.7. The van der Waals surface area contributed by atoms with Crippen molar-refractivity contribution in [3.8, 4) is 0 Å². The molecule has 62 heavy (non-hydrogen) atoms. The Kier molecular flexibility index (Phi) is 39.6. The Morgan fingerprint density at radius 1 is 0.403 bits per heavy atom. The number of aliphatic hydroxyl groups is 7. The summed E-state index contributed by atoms with van der Waals surface area (Å²) in [5, 5.41) is 60.3. The fourth-order valence-electron chi connectivity index (χ4n) is 4.04. The molecule has 23 nitrogen and oxygen atoms in total. The number of ether oxygens (including phenoxy) is 10. The highest BCUT2D eigenvalue weighted by molar-refractivity contribution is 5.70. The van der Waals surface area contributed by atoms with E-state index in [1.807, 2.05) is 20.8 Å². The first-order valence-electron chi connectivity index (χ1n) is 20.2. The lowest BCUT2D eigenvalue weighted by Gasteiger charge is -2.30. The third-order valence-electron chi connectivity index (χ3n) is 8.04. The van der Waals surface area contributed by atoms with Crippen molar-refractivity contribution in [1.82, 2.24) is 0 Å². The summed E-state index contributed by atoms with van der Waals surface area (Å²) >= 11 is 0. The van der Waals surface area contributed by atoms with Gasteiger partial charge < -0.3 is 83.1 Å². The molecule has 0 aliphatic heterocycles. The number of carbonyl (C=O) groups is 6. The van der Waals surface area contributed by atoms with E-state index in [9.17, 15) is 28.8 Å². The van der Waals surface area contributed by atoms with E-state index in [1.165, 1.54) is 0 Å². The molecular weight excluding hydrogens is 836 g/mol. The first-order valence-corrected chi connectivity index (χ1v) is 20.2. The number of hydrogen-bond acceptors (Lipinski definition) is 23. The van der Waals surface area contributed by atoms with Crippen LogP contribution in [0.3, 0.4) is 0 Å². The Hall–Kier alpha value is -4.26. The largest absolute Gasteiger partial charge is 0.508 e. The van der Waals surface area contributed by atoms with Crippen LogP contribution in [0.25, 0.3) is 0 Å². The Morgan fingerprint density at radius 2 is 0.726 bits per heavy atom. The van der Waals surface area contributed by atoms with Crippen LogP contribution in [0.5, 0.6) is 0 Å². The average Bonchev–Trinajstić information content (AvgIpc) is 3.25. The van der Waals surface area contributed by atoms with Crippen molar-refractivity contribution in [2.24, 2.45) is 16.2 Å². The van der Waals surface area contributed by atoms with Crippen LogP contribution in [0.15, 0.2) is 0 Å². The standard InChI is InChI=1S/C17H30O9.C15H26O12.C7H16O2/c1-3-4-6-14(20)24-11-17(2,12-25-15(21)7-5-8-18)13-26-16(22)23-10-9-19;1-2-15(9-25-12(19)22-6-3-16,10-26-13(20)23-7-4-17)11-27-14(21)24-8-5-18;1-7(2,3-5-8)4-6-9/h18-19H,3-13H2,1-2H3;16-18H,2-11H2,1H3;8-9H,3-6H2,1-2H3. The van der Waals surface area contributed by atoms with Gasteiger partial charge in [0, 0.05) is 32.7 Å². The Labute approximate surface area is 362 Å². The van der Waals surface area contributed by atoms with Crippen molar-refractivity contribution in [3.63, 3.8) is 0 Å². The number of rotatable bonds is 31. The van der Waals surface area contributed by atoms with Gasteiger partial charge in [-0.05, 0) is 44.4 Å². The van der Waals surface area contributed by atoms with Gasteiger partial charge in [-0.25, -0.2) is 19.2 Å². The second kappa shape index (κ2) is 39.6. The summed E-state index contributed by atoms with van der Waals surface area (Å²) in [4.78, 5) is 69.0. The third kappa shape index (κ3) is 37.5. The third-order valence-corrected chi connectivity index (χ3v) is 8.04. The summed E-state index contributed by atoms with van der Waals surface area (Å²) in [6, 6.07) is 0. The molecule has 0 saturated carbocycles. The summed E-state index contributed by atoms with van der Waals surface area (Å²) < 4.78 is 48.3. The predicted octanol–water partition coefficient (Wildman–Crippen LogP) is 1.78. The molecule has 23 heteroatoms. The van der Waals surface area contributed by atoms with E-state index >= 15 is 0 Å². The molecule has 366 valence electrons. The van der Waals surface area contributed by atoms with Crippen LogP contribution in [0.1, 0.15) is 86.0 Å². The number of esters is 2. The van der Waals surface area contributed by atoms with Crippen LogP contribution in [0.4, 0.5) is 19.2 Å². The van der Waals surface area contributed by atoms with Gasteiger partial charge in [0.2, 0.25) is 0 Å². The fourth-order valence-corrected chi connectivity index (χ4v) is 4.04. The molecule has 0 radical (unpaired) electrons. The zero-order valence-corrected chi connectivity index (χ0v) is 36.8. The number of aliphatic hydroxyl groups excluding tert-OH is 7. The van der Waals surface area contributed by atoms with Crippen LogP contribution in [0.2, 0.25) is 0 Å². The minimum atomic E-state index is -1.13. The summed E-state index contributed by atoms with van der Waals surface area (Å²) in [5.74, 6) is -0.891. The molecule has 0 aromatic heterocycles. The van der Waals surface area contributed by atoms with Crippen molar-refractivity contribution in [2.45, 2.75) is 86.0 Å². The molecule has 0 saturated heterocycles. The van der Waals surface area contributed by atoms with Crippen LogP contribution in [0, 0.1) is 16.2 Å². The van der Waals surface area contributed by atoms with E-state index in [4.69, 9.17) is 64.2 Å². The average molecular weight is 909 g/mol. The normalized spacial score (nSPS) is 11.7. The van der Waals surface area contributed by atoms with E-state index in [0.717, 1.165) is 19.3 Å². The second-order valence-corrected chi connectivity index (χ2v) is 14.5. The molecule has 1 atom stereocenters. The second-order valence-electron chi connectivity index (χ2n) is 14.5. The Morgan fingerprint density at radius 3 is 1.02 bits per heavy atom. The van der Waals surface area contributed by atoms with Gasteiger partial charge >= 0.3 is 36.6 Å². The minimum absolute atomic E-state index is 0.0578. The highest BCUT2D eigenvalue weighted by Gasteiger charge is 2.35. The first kappa shape index (κ1) is 62.0. The van der Waals surface area contributed by atoms with E-state index < -0.39 is 41.4 Å². The van der Waals surface area contributed by atoms with Gasteiger partial charge in [0.1, 0.15) is 66.1 Å². The molecule has 0 spiro atoms. The lowest BCUT2D eigenvalue weighted by atomic mass is 9.86. The topological polar surface area (TPSA) is 336 Å². The lowest BCUT2D eigenvalue weighted by Crippen LogP contribution is -2.39. The van der Waals surface area contributed by atoms with Crippen molar-refractivity contribution in [1.29, 1.82) is 0 Å². The van der Waals surface area contributed by atoms with Crippen molar-refractivity contribution >= 4 is 36.6 Å². The Bertz CT molecular complexity index is 1050. The lowest BCUT2D eigenvalue weighted by molar-refractivity contribution is -0.155. The van der Waals surface area contributed by atoms with E-state index in [0.29, 0.717) is 6.42 Å². The highest BCUT2D eigenvalue weighted by Crippen LogP contribution is 2.25. The van der Waals surface area contributed by atoms with Crippen LogP contribution >= 0.6 is 0 Å². The fraction of sp³-hybridized carbons (Fsp3) is 0.846. The number of hydrogen-bond donors (Lipinski definition) is 7. The molecule has 0 bridgehead atoms. The molecule has 0 fully saturated rings. The van der Waals surface area contributed by atoms with E-state index in [1.54, 1.807) is 13.8 Å². The highest BCUT2D eigenvalue weighted by atomic mass is 16.7. The first-order chi connectivity index (χ1) is 29.4. The van der Waals surface area contributed by atoms with Crippen LogP contribution in [-0.2, 0) is 57.0 Å². The molecule has 0 aromatic carbocycles. The maximum absolute atomic E-state index is 11.7. The monoisotopic (exact) mass is 908 g/mol. The van der Waals surface area contributed by atoms with Gasteiger partial charge in [-0.2, -0.15) is 0 Å². The summed E-state index contributed by atoms with van der Waals surface area (Å²) in [6.45, 7) is 5.76. The maximum Gasteiger partial charge on any atom is 0.508 e. The number of unbranched alkanes of at least 4 members (excludes halogenated alkanes) is 1. The SMILES string of the molecule is CC(C)(CCO)CCO.CCC(COC(=O)OCCO)(COC(=O)OCCO)COC(=O)OCCO.CCCCC(=O)OCC(C)(COC(=O)CCCO)COC(=O)OCCO. The molecule has 0 amide bonds. The molecule has 7 N–H and O–H groups in total. The van der Waals surface area contributed by atoms with E-state index in [-0.39, 0.29) is 149 Å². The molecule has 1 unspecified atom stereocenters. The van der Waals surface area contributed by atoms with Gasteiger partial charge in [-0.1, -0.05) is 34.1 Å². The number of carbonyl (C=O) groups excluding carboxylic acids is 6. The molecule has 0 aliphatic carbocycles. The molecule has 0 rings (SSSR count). The van der Waals surface area contributed by atoms with Gasteiger partial charge in [0.25, 0.3) is 0 Å². The molecule has 0 heterocycles. The zero-order chi connectivity index (χ0) is 47.7. The minimum Gasteiger partial charge on any atom is -0.465 e. The predicted molar refractivity (Wildman–Crippen MR) is 213 cm³/mol. The van der Waals surface area contributed by atoms with E-state index in [2.05, 4.69) is 18.9 Å². The van der Waals surface area contributed by atoms with Gasteiger partial charge in [0.05, 0.1) is 37.3 Å². The van der Waals surface area contributed by atoms with Gasteiger partial charge in [-0.3, -0.25) is 9.59 Å². The quantitative estimate of drug-likeness (QED) is 0.0385. The Balaban J connectivity index is -0.000000937. The summed E-state index contributed by atoms with van der Waals surface area (Å²) in [6.07, 6.45) is -0.190. The molecule has 0 aromatic rings. The summed E-state index contributed by atoms with van der Waals surface area (Å²) in [5.41, 5.74) is -1.98. The van der Waals surface area contributed by atoms with Crippen molar-refractivity contribution < 1.29 is 112 Å². The molecule has 0 aliphatic rings. The van der Waals surface area contributed by atoms with Crippen molar-refractivity contribution in [3.05, 3.63) is 0 Å². The summed E-state index contributed by atoms with van der Waals surface area (Å²) in [7, 11) is 0. The smallest absolute Gasteiger partial charge is 0.465 e. The van der Waals surface area contributed by atoms with Crippen LogP contribution < -0.4 is 0 Å². The zero-order valence-electron chi connectivity index (χ0n) is 36.8. The van der Waals surface area contributed by atoms with Crippen LogP contribution in [-0.4, -0.2) is 185 Å².